The monoisotopic (exact) mass is 1460 g/mol. The zero-order valence-corrected chi connectivity index (χ0v) is 58.6. The number of nitrogen functional groups attached to an aromatic ring is 7. The summed E-state index contributed by atoms with van der Waals surface area (Å²) in [6.45, 7) is 15.1. The van der Waals surface area contributed by atoms with Crippen LogP contribution in [-0.2, 0) is 32.9 Å². The van der Waals surface area contributed by atoms with Crippen LogP contribution in [0.5, 0.6) is 0 Å². The van der Waals surface area contributed by atoms with Crippen molar-refractivity contribution >= 4 is 148 Å². The van der Waals surface area contributed by atoms with Crippen LogP contribution in [0.4, 0.5) is 46.7 Å². The summed E-state index contributed by atoms with van der Waals surface area (Å²) in [5.74, 6) is 3.35. The van der Waals surface area contributed by atoms with Gasteiger partial charge < -0.3 is 82.9 Å². The maximum absolute atomic E-state index is 12.7. The van der Waals surface area contributed by atoms with Crippen LogP contribution >= 0.6 is 0 Å². The number of ether oxygens (including phenoxy) is 2. The van der Waals surface area contributed by atoms with Crippen LogP contribution in [-0.4, -0.2) is 192 Å². The molecule has 4 aliphatic rings. The Morgan fingerprint density at radius 2 is 1.14 bits per heavy atom. The summed E-state index contributed by atoms with van der Waals surface area (Å²) >= 11 is 0. The highest BCUT2D eigenvalue weighted by Crippen LogP contribution is 2.46. The number of nitrogens with two attached hydrogens (primary N) is 7. The molecule has 0 spiro atoms. The molecular weight excluding hydrogens is 1390 g/mol. The smallest absolute Gasteiger partial charge is 0.292 e. The van der Waals surface area contributed by atoms with Crippen molar-refractivity contribution < 1.29 is 37.4 Å². The quantitative estimate of drug-likeness (QED) is 0.0503. The van der Waals surface area contributed by atoms with Gasteiger partial charge in [0.25, 0.3) is 6.01 Å². The number of hydrogen-bond acceptors (Lipinski definition) is 33. The van der Waals surface area contributed by atoms with Crippen molar-refractivity contribution in [3.8, 4) is 33.8 Å². The molecular formula is C70H74N30O8. The lowest BCUT2D eigenvalue weighted by molar-refractivity contribution is -0.136. The van der Waals surface area contributed by atoms with E-state index in [2.05, 4.69) is 87.3 Å². The van der Waals surface area contributed by atoms with Crippen LogP contribution in [0.2, 0.25) is 0 Å². The van der Waals surface area contributed by atoms with Gasteiger partial charge in [-0.15, -0.1) is 0 Å². The molecule has 1 amide bonds. The van der Waals surface area contributed by atoms with E-state index in [9.17, 15) is 9.90 Å². The van der Waals surface area contributed by atoms with Crippen LogP contribution in [0.25, 0.3) is 129 Å². The number of carbonyl (C=O) groups excluding carboxylic acids is 1. The van der Waals surface area contributed by atoms with E-state index in [-0.39, 0.29) is 42.8 Å². The predicted octanol–water partition coefficient (Wildman–Crippen LogP) is 6.43. The Kier molecular flexibility index (Phi) is 18.3. The Morgan fingerprint density at radius 3 is 1.72 bits per heavy atom. The molecule has 108 heavy (non-hydrogen) atoms. The minimum atomic E-state index is -0.403. The first-order chi connectivity index (χ1) is 52.5. The van der Waals surface area contributed by atoms with Gasteiger partial charge in [0.2, 0.25) is 5.91 Å². The van der Waals surface area contributed by atoms with Crippen molar-refractivity contribution in [2.45, 2.75) is 70.2 Å². The lowest BCUT2D eigenvalue weighted by Gasteiger charge is -2.26. The standard InChI is InChI=1S/C18H18N8O3.C18H20N8O2.C18H21N7O.C16H15N7O2/c19-16-11-7-10(1-2-12(11)29-24-16)15-14-17(20)21-9-22-18(14)26(23-15)8-13(27)25-3-5-28-6-4-25;19-16-12-9-11(1-2-13(12)28-24-16)15-14-17(20)21-10-22-18(14)26(23-15)4-3-25-5-7-27-8-6-25;1-4-14-12(17(24-26-14)22-11-5-6-11)7-8-13-15-16(19)20-9-21-18(15)25(23-13)10(2)3;17-13-11-12(8-1-2-10-9(5-8)21-15(18)25-10)22-23(14(11)20-7-19-13)16(6-24)3-4-16/h1-2,7,9H,3-6,8H2,(H2,19,24)(H2,20,21,22);1-2,9-10H,3-8H2,(H2,19,24)(H2,20,21,22);4,7-11H,1,5-6H2,2-3H3,(H,22,24)(H2,19,20,21);1-2,5,7,24H,3-4,6H2,(H2,18,21)(H2,17,19,20)/b;;8-7+;. The van der Waals surface area contributed by atoms with Gasteiger partial charge in [-0.05, 0) is 112 Å². The van der Waals surface area contributed by atoms with Crippen LogP contribution in [0, 0.1) is 0 Å². The largest absolute Gasteiger partial charge is 0.424 e. The van der Waals surface area contributed by atoms with Crippen molar-refractivity contribution in [2.24, 2.45) is 0 Å². The highest BCUT2D eigenvalue weighted by atomic mass is 16.5. The van der Waals surface area contributed by atoms with E-state index >= 15 is 0 Å². The Hall–Kier alpha value is -13.3. The predicted molar refractivity (Wildman–Crippen MR) is 403 cm³/mol. The molecule has 12 aromatic heterocycles. The highest BCUT2D eigenvalue weighted by molar-refractivity contribution is 6.04. The number of nitrogens with zero attached hydrogens (tertiary/aromatic N) is 22. The van der Waals surface area contributed by atoms with Gasteiger partial charge in [0.05, 0.1) is 88.7 Å². The van der Waals surface area contributed by atoms with Crippen LogP contribution < -0.4 is 45.5 Å². The van der Waals surface area contributed by atoms with E-state index in [1.165, 1.54) is 25.3 Å². The fraction of sp³-hybridized carbons (Fsp3) is 0.300. The summed E-state index contributed by atoms with van der Waals surface area (Å²) in [4.78, 5) is 54.9. The number of oxazole rings is 1. The number of benzene rings is 3. The molecule has 2 aliphatic heterocycles. The fourth-order valence-corrected chi connectivity index (χ4v) is 13.0. The molecule has 0 radical (unpaired) electrons. The van der Waals surface area contributed by atoms with Crippen LogP contribution in [0.15, 0.2) is 104 Å². The number of rotatable bonds is 16. The maximum atomic E-state index is 12.7. The molecule has 0 bridgehead atoms. The van der Waals surface area contributed by atoms with Gasteiger partial charge in [0, 0.05) is 61.5 Å². The number of morpholine rings is 2. The lowest BCUT2D eigenvalue weighted by Crippen LogP contribution is -2.42. The van der Waals surface area contributed by atoms with Crippen LogP contribution in [0.3, 0.4) is 0 Å². The molecule has 3 aromatic carbocycles. The first-order valence-electron chi connectivity index (χ1n) is 34.7. The summed E-state index contributed by atoms with van der Waals surface area (Å²) < 4.78 is 38.8. The number of amides is 1. The molecule has 16 N–H and O–H groups in total. The number of carbonyl (C=O) groups is 1. The Labute approximate surface area is 610 Å². The second kappa shape index (κ2) is 28.6. The summed E-state index contributed by atoms with van der Waals surface area (Å²) in [6.07, 6.45) is 15.1. The van der Waals surface area contributed by atoms with Crippen molar-refractivity contribution in [2.75, 3.05) is 111 Å². The normalized spacial score (nSPS) is 15.2. The van der Waals surface area contributed by atoms with E-state index < -0.39 is 5.54 Å². The van der Waals surface area contributed by atoms with Crippen molar-refractivity contribution in [1.82, 2.24) is 109 Å². The molecule has 38 heteroatoms. The number of anilines is 8. The van der Waals surface area contributed by atoms with Gasteiger partial charge >= 0.3 is 0 Å². The molecule has 38 nitrogen and oxygen atoms in total. The first-order valence-corrected chi connectivity index (χ1v) is 34.7. The van der Waals surface area contributed by atoms with E-state index in [4.69, 9.17) is 77.8 Å². The number of hydrogen-bond donors (Lipinski definition) is 9. The first kappa shape index (κ1) is 69.1. The highest BCUT2D eigenvalue weighted by Gasteiger charge is 2.47. The van der Waals surface area contributed by atoms with Gasteiger partial charge in [-0.1, -0.05) is 22.0 Å². The average molecular weight is 1460 g/mol. The molecule has 14 heterocycles. The van der Waals surface area contributed by atoms with Gasteiger partial charge in [-0.25, -0.2) is 58.6 Å². The van der Waals surface area contributed by atoms with Crippen molar-refractivity contribution in [3.63, 3.8) is 0 Å². The number of fused-ring (bicyclic) bond motifs is 7. The van der Waals surface area contributed by atoms with Gasteiger partial charge in [0.1, 0.15) is 77.7 Å². The average Bonchev–Trinajstić information content (AvgIpc) is 1.57. The van der Waals surface area contributed by atoms with Crippen LogP contribution in [0.1, 0.15) is 62.6 Å². The van der Waals surface area contributed by atoms with Gasteiger partial charge in [0.15, 0.2) is 62.6 Å². The Balaban J connectivity index is 0.000000110. The SMILES string of the molecule is C=Cc1onc(NC2CC2)c1/C=C/c1nn(C(C)C)c2ncnc(N)c12.Nc1nc2cc(-c3nn(C4(CO)CC4)c4ncnc(N)c34)ccc2o1.Nc1noc2ccc(-c3nn(CC(=O)N4CCOCC4)c4ncnc(N)c34)cc12.Nc1noc2ccc(-c3nn(CCN4CCOCC4)c4ncnc(N)c34)cc12. The fourth-order valence-electron chi connectivity index (χ4n) is 13.0. The van der Waals surface area contributed by atoms with E-state index in [1.807, 2.05) is 77.8 Å². The molecule has 0 atom stereocenters. The summed E-state index contributed by atoms with van der Waals surface area (Å²) in [6, 6.07) is 17.3. The summed E-state index contributed by atoms with van der Waals surface area (Å²) in [7, 11) is 0. The second-order valence-corrected chi connectivity index (χ2v) is 26.5. The number of nitrogens with one attached hydrogen (secondary N) is 1. The molecule has 2 aliphatic carbocycles. The minimum absolute atomic E-state index is 0.00593. The van der Waals surface area contributed by atoms with Gasteiger partial charge in [-0.3, -0.25) is 9.69 Å². The molecule has 552 valence electrons. The molecule has 2 saturated heterocycles. The molecule has 4 fully saturated rings. The third-order valence-electron chi connectivity index (χ3n) is 19.1. The van der Waals surface area contributed by atoms with Gasteiger partial charge in [-0.2, -0.15) is 25.4 Å². The summed E-state index contributed by atoms with van der Waals surface area (Å²) in [5, 5.41) is 47.8. The molecule has 19 rings (SSSR count). The van der Waals surface area contributed by atoms with E-state index in [0.29, 0.717) is 140 Å². The second-order valence-electron chi connectivity index (χ2n) is 26.5. The summed E-state index contributed by atoms with van der Waals surface area (Å²) in [5.41, 5.74) is 52.4. The van der Waals surface area contributed by atoms with E-state index in [0.717, 1.165) is 114 Å². The third-order valence-corrected chi connectivity index (χ3v) is 19.1. The molecule has 0 unspecified atom stereocenters. The Bertz CT molecular complexity index is 5920. The van der Waals surface area contributed by atoms with Crippen molar-refractivity contribution in [3.05, 3.63) is 104 Å². The zero-order valence-electron chi connectivity index (χ0n) is 58.6. The topological polar surface area (TPSA) is 535 Å². The molecule has 15 aromatic rings. The lowest BCUT2D eigenvalue weighted by atomic mass is 10.1. The van der Waals surface area contributed by atoms with E-state index in [1.54, 1.807) is 32.5 Å². The number of aromatic nitrogens is 20. The third kappa shape index (κ3) is 13.3. The number of aliphatic hydroxyl groups excluding tert-OH is 1. The molecule has 2 saturated carbocycles. The maximum Gasteiger partial charge on any atom is 0.292 e. The Morgan fingerprint density at radius 1 is 0.602 bits per heavy atom. The zero-order chi connectivity index (χ0) is 74.5. The van der Waals surface area contributed by atoms with Crippen molar-refractivity contribution in [1.29, 1.82) is 0 Å². The number of aliphatic hydroxyl groups is 1. The minimum Gasteiger partial charge on any atom is -0.424 e.